The zero-order valence-electron chi connectivity index (χ0n) is 20.1. The number of carbonyl (C=O) groups excluding carboxylic acids is 1. The van der Waals surface area contributed by atoms with Crippen LogP contribution in [0.1, 0.15) is 22.8 Å². The van der Waals surface area contributed by atoms with Crippen molar-refractivity contribution in [2.75, 3.05) is 12.4 Å². The minimum Gasteiger partial charge on any atom is -0.505 e. The monoisotopic (exact) mass is 573 g/mol. The van der Waals surface area contributed by atoms with Gasteiger partial charge in [-0.3, -0.25) is 9.35 Å². The predicted octanol–water partition coefficient (Wildman–Crippen LogP) is 7.34. The molecule has 12 heteroatoms. The number of phenolic OH excluding ortho intramolecular Hbond substituents is 1. The van der Waals surface area contributed by atoms with Crippen LogP contribution in [0.25, 0.3) is 10.8 Å². The summed E-state index contributed by atoms with van der Waals surface area (Å²) in [5, 5.41) is 23.6. The number of hydrogen-bond acceptors (Lipinski definition) is 7. The summed E-state index contributed by atoms with van der Waals surface area (Å²) in [6.07, 6.45) is 0.193. The lowest BCUT2D eigenvalue weighted by Gasteiger charge is -2.12. The van der Waals surface area contributed by atoms with E-state index in [1.807, 2.05) is 0 Å². The first kappa shape index (κ1) is 27.3. The minimum atomic E-state index is -4.58. The van der Waals surface area contributed by atoms with E-state index in [4.69, 9.17) is 27.9 Å². The van der Waals surface area contributed by atoms with Crippen molar-refractivity contribution in [2.24, 2.45) is 10.2 Å². The summed E-state index contributed by atoms with van der Waals surface area (Å²) < 4.78 is 38.6. The molecule has 4 rings (SSSR count). The third kappa shape index (κ3) is 5.73. The Labute approximate surface area is 228 Å². The molecule has 9 nitrogen and oxygen atoms in total. The van der Waals surface area contributed by atoms with Crippen LogP contribution in [0.3, 0.4) is 0 Å². The fourth-order valence-electron chi connectivity index (χ4n) is 3.92. The first-order valence-electron chi connectivity index (χ1n) is 11.1. The normalized spacial score (nSPS) is 11.7. The van der Waals surface area contributed by atoms with E-state index < -0.39 is 21.8 Å². The number of halogens is 2. The van der Waals surface area contributed by atoms with Gasteiger partial charge in [0.2, 0.25) is 0 Å². The Balaban J connectivity index is 1.83. The SMILES string of the molecule is CCc1c(N=Nc2c(O)c(C(=O)Nc3cc(Cl)cc(OC)c3)cc3ccccc23)cc(Cl)cc1S(=O)(=O)O. The highest BCUT2D eigenvalue weighted by Crippen LogP contribution is 2.41. The lowest BCUT2D eigenvalue weighted by molar-refractivity contribution is 0.102. The zero-order chi connectivity index (χ0) is 27.6. The number of anilines is 1. The van der Waals surface area contributed by atoms with Crippen LogP contribution in [0.15, 0.2) is 75.8 Å². The van der Waals surface area contributed by atoms with E-state index in [1.54, 1.807) is 43.3 Å². The van der Waals surface area contributed by atoms with Gasteiger partial charge in [-0.05, 0) is 42.1 Å². The maximum atomic E-state index is 13.2. The molecule has 4 aromatic carbocycles. The van der Waals surface area contributed by atoms with Gasteiger partial charge in [-0.1, -0.05) is 54.4 Å². The number of ether oxygens (including phenoxy) is 1. The Hall–Kier alpha value is -3.70. The highest BCUT2D eigenvalue weighted by Gasteiger charge is 2.21. The van der Waals surface area contributed by atoms with E-state index in [1.165, 1.54) is 25.3 Å². The van der Waals surface area contributed by atoms with Gasteiger partial charge in [-0.2, -0.15) is 13.5 Å². The quantitative estimate of drug-likeness (QED) is 0.156. The Morgan fingerprint density at radius 1 is 1.03 bits per heavy atom. The van der Waals surface area contributed by atoms with Crippen molar-refractivity contribution in [3.8, 4) is 11.5 Å². The molecular formula is C26H21Cl2N3O6S. The van der Waals surface area contributed by atoms with Crippen LogP contribution in [0.5, 0.6) is 11.5 Å². The van der Waals surface area contributed by atoms with Crippen molar-refractivity contribution < 1.29 is 27.6 Å². The number of hydrogen-bond donors (Lipinski definition) is 3. The molecule has 0 aliphatic heterocycles. The summed E-state index contributed by atoms with van der Waals surface area (Å²) in [4.78, 5) is 12.8. The summed E-state index contributed by atoms with van der Waals surface area (Å²) in [7, 11) is -3.11. The van der Waals surface area contributed by atoms with Gasteiger partial charge >= 0.3 is 0 Å². The summed E-state index contributed by atoms with van der Waals surface area (Å²) in [6.45, 7) is 1.68. The molecule has 0 saturated heterocycles. The largest absolute Gasteiger partial charge is 0.505 e. The molecule has 3 N–H and O–H groups in total. The Morgan fingerprint density at radius 3 is 2.42 bits per heavy atom. The molecular weight excluding hydrogens is 553 g/mol. The Bertz CT molecular complexity index is 1710. The van der Waals surface area contributed by atoms with Crippen LogP contribution < -0.4 is 10.1 Å². The Kier molecular flexibility index (Phi) is 7.89. The van der Waals surface area contributed by atoms with Crippen molar-refractivity contribution in [1.82, 2.24) is 0 Å². The van der Waals surface area contributed by atoms with Crippen molar-refractivity contribution in [2.45, 2.75) is 18.2 Å². The highest BCUT2D eigenvalue weighted by molar-refractivity contribution is 7.85. The molecule has 0 atom stereocenters. The van der Waals surface area contributed by atoms with Crippen LogP contribution in [-0.4, -0.2) is 31.1 Å². The predicted molar refractivity (Wildman–Crippen MR) is 146 cm³/mol. The highest BCUT2D eigenvalue weighted by atomic mass is 35.5. The first-order valence-corrected chi connectivity index (χ1v) is 13.3. The second kappa shape index (κ2) is 11.0. The number of phenols is 1. The lowest BCUT2D eigenvalue weighted by Crippen LogP contribution is -2.12. The molecule has 0 aromatic heterocycles. The van der Waals surface area contributed by atoms with Gasteiger partial charge in [0.15, 0.2) is 5.75 Å². The zero-order valence-corrected chi connectivity index (χ0v) is 22.4. The van der Waals surface area contributed by atoms with Gasteiger partial charge in [-0.25, -0.2) is 0 Å². The van der Waals surface area contributed by atoms with E-state index >= 15 is 0 Å². The molecule has 0 heterocycles. The number of amides is 1. The van der Waals surface area contributed by atoms with Crippen LogP contribution in [0.2, 0.25) is 10.0 Å². The number of aromatic hydroxyl groups is 1. The number of rotatable bonds is 7. The van der Waals surface area contributed by atoms with Crippen LogP contribution in [-0.2, 0) is 16.5 Å². The molecule has 0 saturated carbocycles. The smallest absolute Gasteiger partial charge is 0.294 e. The molecule has 196 valence electrons. The molecule has 0 fully saturated rings. The molecule has 0 aliphatic rings. The van der Waals surface area contributed by atoms with Gasteiger partial charge < -0.3 is 15.2 Å². The van der Waals surface area contributed by atoms with E-state index in [-0.39, 0.29) is 38.8 Å². The van der Waals surface area contributed by atoms with Gasteiger partial charge in [0, 0.05) is 32.7 Å². The average Bonchev–Trinajstić information content (AvgIpc) is 2.86. The standard InChI is InChI=1S/C26H21Cl2N3O6S/c1-3-19-22(11-16(28)12-23(19)38(34,35)36)30-31-24-20-7-5-4-6-14(20)8-21(25(24)32)26(33)29-17-9-15(27)10-18(13-17)37-2/h4-13,32H,3H2,1-2H3,(H,29,33)(H,34,35,36). The topological polar surface area (TPSA) is 138 Å². The fourth-order valence-corrected chi connectivity index (χ4v) is 5.26. The number of methoxy groups -OCH3 is 1. The van der Waals surface area contributed by atoms with Gasteiger partial charge in [0.05, 0.1) is 18.4 Å². The summed E-state index contributed by atoms with van der Waals surface area (Å²) >= 11 is 12.2. The molecule has 0 radical (unpaired) electrons. The van der Waals surface area contributed by atoms with E-state index in [2.05, 4.69) is 15.5 Å². The molecule has 38 heavy (non-hydrogen) atoms. The Morgan fingerprint density at radius 2 is 1.74 bits per heavy atom. The number of nitrogens with one attached hydrogen (secondary N) is 1. The third-order valence-electron chi connectivity index (χ3n) is 5.64. The van der Waals surface area contributed by atoms with Crippen LogP contribution in [0, 0.1) is 0 Å². The van der Waals surface area contributed by atoms with Crippen LogP contribution >= 0.6 is 23.2 Å². The van der Waals surface area contributed by atoms with Crippen molar-refractivity contribution >= 4 is 67.1 Å². The van der Waals surface area contributed by atoms with Gasteiger partial charge in [-0.15, -0.1) is 5.11 Å². The summed E-state index contributed by atoms with van der Waals surface area (Å²) in [6, 6.07) is 15.6. The van der Waals surface area contributed by atoms with Crippen LogP contribution in [0.4, 0.5) is 17.1 Å². The molecule has 1 amide bonds. The van der Waals surface area contributed by atoms with Gasteiger partial charge in [0.25, 0.3) is 16.0 Å². The number of carbonyl (C=O) groups is 1. The fraction of sp³-hybridized carbons (Fsp3) is 0.115. The average molecular weight is 574 g/mol. The van der Waals surface area contributed by atoms with Gasteiger partial charge in [0.1, 0.15) is 16.3 Å². The second-order valence-corrected chi connectivity index (χ2v) is 10.4. The lowest BCUT2D eigenvalue weighted by atomic mass is 10.0. The first-order chi connectivity index (χ1) is 18.0. The molecule has 4 aromatic rings. The number of benzene rings is 4. The number of fused-ring (bicyclic) bond motifs is 1. The molecule has 0 unspecified atom stereocenters. The van der Waals surface area contributed by atoms with Crippen molar-refractivity contribution in [1.29, 1.82) is 0 Å². The van der Waals surface area contributed by atoms with E-state index in [9.17, 15) is 22.9 Å². The molecule has 0 spiro atoms. The second-order valence-electron chi connectivity index (χ2n) is 8.11. The maximum absolute atomic E-state index is 13.2. The third-order valence-corrected chi connectivity index (χ3v) is 7.00. The van der Waals surface area contributed by atoms with E-state index in [0.29, 0.717) is 27.2 Å². The molecule has 0 aliphatic carbocycles. The van der Waals surface area contributed by atoms with Crippen molar-refractivity contribution in [3.05, 3.63) is 81.8 Å². The number of nitrogens with zero attached hydrogens (tertiary/aromatic N) is 2. The van der Waals surface area contributed by atoms with E-state index in [0.717, 1.165) is 6.07 Å². The van der Waals surface area contributed by atoms with Crippen molar-refractivity contribution in [3.63, 3.8) is 0 Å². The summed E-state index contributed by atoms with van der Waals surface area (Å²) in [5.74, 6) is -0.656. The minimum absolute atomic E-state index is 0.0166. The maximum Gasteiger partial charge on any atom is 0.294 e. The summed E-state index contributed by atoms with van der Waals surface area (Å²) in [5.41, 5.74) is 0.508. The number of azo groups is 1. The molecule has 0 bridgehead atoms.